The minimum Gasteiger partial charge on any atom is -0.497 e. The van der Waals surface area contributed by atoms with Crippen molar-refractivity contribution in [1.29, 1.82) is 0 Å². The van der Waals surface area contributed by atoms with Gasteiger partial charge in [0.2, 0.25) is 0 Å². The lowest BCUT2D eigenvalue weighted by atomic mass is 10.1. The van der Waals surface area contributed by atoms with Gasteiger partial charge in [0.05, 0.1) is 12.6 Å². The van der Waals surface area contributed by atoms with Gasteiger partial charge >= 0.3 is 0 Å². The molecule has 98 valence electrons. The van der Waals surface area contributed by atoms with Crippen LogP contribution in [0.3, 0.4) is 0 Å². The maximum Gasteiger partial charge on any atom is 0.120 e. The van der Waals surface area contributed by atoms with Gasteiger partial charge in [-0.25, -0.2) is 0 Å². The molecule has 3 nitrogen and oxygen atoms in total. The number of hydrogen-bond donors (Lipinski definition) is 1. The van der Waals surface area contributed by atoms with E-state index in [1.54, 1.807) is 7.11 Å². The maximum absolute atomic E-state index is 8.97. The minimum absolute atomic E-state index is 0.229. The normalized spacial score (nSPS) is 11.1. The standard InChI is InChI=1S/C15H21NO2/c1-3-5-12-11-16(8-4-9-17)15-10-13(18-2)6-7-14(12)15/h6-7,10-11,17H,3-5,8-9H2,1-2H3. The van der Waals surface area contributed by atoms with Crippen molar-refractivity contribution in [3.05, 3.63) is 30.0 Å². The van der Waals surface area contributed by atoms with Crippen LogP contribution in [0.2, 0.25) is 0 Å². The molecule has 1 heterocycles. The summed E-state index contributed by atoms with van der Waals surface area (Å²) in [5, 5.41) is 10.3. The average Bonchev–Trinajstić information content (AvgIpc) is 2.74. The van der Waals surface area contributed by atoms with E-state index >= 15 is 0 Å². The summed E-state index contributed by atoms with van der Waals surface area (Å²) in [5.41, 5.74) is 2.58. The highest BCUT2D eigenvalue weighted by Crippen LogP contribution is 2.27. The first-order valence-electron chi connectivity index (χ1n) is 6.56. The first-order valence-corrected chi connectivity index (χ1v) is 6.56. The fourth-order valence-corrected chi connectivity index (χ4v) is 2.37. The highest BCUT2D eigenvalue weighted by atomic mass is 16.5. The number of fused-ring (bicyclic) bond motifs is 1. The van der Waals surface area contributed by atoms with Crippen LogP contribution in [0.25, 0.3) is 10.9 Å². The van der Waals surface area contributed by atoms with Crippen molar-refractivity contribution in [3.63, 3.8) is 0 Å². The van der Waals surface area contributed by atoms with Gasteiger partial charge in [0.1, 0.15) is 5.75 Å². The van der Waals surface area contributed by atoms with Crippen LogP contribution in [0.4, 0.5) is 0 Å². The van der Waals surface area contributed by atoms with Crippen LogP contribution in [-0.2, 0) is 13.0 Å². The molecule has 0 aliphatic carbocycles. The summed E-state index contributed by atoms with van der Waals surface area (Å²) >= 11 is 0. The predicted molar refractivity (Wildman–Crippen MR) is 74.2 cm³/mol. The quantitative estimate of drug-likeness (QED) is 0.851. The average molecular weight is 247 g/mol. The lowest BCUT2D eigenvalue weighted by molar-refractivity contribution is 0.280. The van der Waals surface area contributed by atoms with Crippen LogP contribution < -0.4 is 4.74 Å². The monoisotopic (exact) mass is 247 g/mol. The first-order chi connectivity index (χ1) is 8.80. The lowest BCUT2D eigenvalue weighted by Gasteiger charge is -2.05. The fourth-order valence-electron chi connectivity index (χ4n) is 2.37. The second-order valence-corrected chi connectivity index (χ2v) is 4.56. The van der Waals surface area contributed by atoms with Crippen molar-refractivity contribution in [1.82, 2.24) is 4.57 Å². The highest BCUT2D eigenvalue weighted by molar-refractivity contribution is 5.85. The van der Waals surface area contributed by atoms with Crippen LogP contribution in [0.5, 0.6) is 5.75 Å². The molecule has 0 saturated heterocycles. The SMILES string of the molecule is CCCc1cn(CCCO)c2cc(OC)ccc12. The van der Waals surface area contributed by atoms with Crippen LogP contribution in [0.1, 0.15) is 25.3 Å². The van der Waals surface area contributed by atoms with Gasteiger partial charge in [-0.1, -0.05) is 13.3 Å². The largest absolute Gasteiger partial charge is 0.497 e. The Hall–Kier alpha value is -1.48. The summed E-state index contributed by atoms with van der Waals surface area (Å²) in [4.78, 5) is 0. The fraction of sp³-hybridized carbons (Fsp3) is 0.467. The van der Waals surface area contributed by atoms with Crippen LogP contribution in [-0.4, -0.2) is 23.4 Å². The van der Waals surface area contributed by atoms with Crippen molar-refractivity contribution < 1.29 is 9.84 Å². The molecule has 0 fully saturated rings. The summed E-state index contributed by atoms with van der Waals surface area (Å²) in [5.74, 6) is 0.883. The minimum atomic E-state index is 0.229. The van der Waals surface area contributed by atoms with Crippen molar-refractivity contribution in [3.8, 4) is 5.75 Å². The zero-order chi connectivity index (χ0) is 13.0. The molecule has 0 saturated carbocycles. The lowest BCUT2D eigenvalue weighted by Crippen LogP contribution is -1.98. The van der Waals surface area contributed by atoms with E-state index in [2.05, 4.69) is 29.8 Å². The van der Waals surface area contributed by atoms with Gasteiger partial charge in [-0.05, 0) is 30.5 Å². The summed E-state index contributed by atoms with van der Waals surface area (Å²) in [7, 11) is 1.69. The third kappa shape index (κ3) is 2.51. The Balaban J connectivity index is 2.46. The second kappa shape index (κ2) is 5.91. The number of rotatable bonds is 6. The Kier molecular flexibility index (Phi) is 4.26. The number of nitrogens with zero attached hydrogens (tertiary/aromatic N) is 1. The van der Waals surface area contributed by atoms with Crippen LogP contribution in [0.15, 0.2) is 24.4 Å². The smallest absolute Gasteiger partial charge is 0.120 e. The molecule has 0 aliphatic rings. The molecule has 2 aromatic rings. The molecule has 2 rings (SSSR count). The molecule has 1 aromatic carbocycles. The molecular formula is C15H21NO2. The molecule has 1 N–H and O–H groups in total. The number of ether oxygens (including phenoxy) is 1. The number of benzene rings is 1. The Labute approximate surface area is 108 Å². The molecule has 0 radical (unpaired) electrons. The van der Waals surface area contributed by atoms with E-state index in [9.17, 15) is 0 Å². The van der Waals surface area contributed by atoms with Crippen molar-refractivity contribution in [2.45, 2.75) is 32.7 Å². The maximum atomic E-state index is 8.97. The van der Waals surface area contributed by atoms with Gasteiger partial charge in [-0.15, -0.1) is 0 Å². The van der Waals surface area contributed by atoms with Gasteiger partial charge in [0.25, 0.3) is 0 Å². The van der Waals surface area contributed by atoms with E-state index in [-0.39, 0.29) is 6.61 Å². The number of aliphatic hydroxyl groups excluding tert-OH is 1. The molecule has 0 spiro atoms. The van der Waals surface area contributed by atoms with E-state index in [0.29, 0.717) is 0 Å². The molecule has 0 bridgehead atoms. The summed E-state index contributed by atoms with van der Waals surface area (Å²) < 4.78 is 7.51. The van der Waals surface area contributed by atoms with E-state index in [0.717, 1.165) is 31.6 Å². The van der Waals surface area contributed by atoms with E-state index in [1.807, 2.05) is 6.07 Å². The molecule has 1 aromatic heterocycles. The summed E-state index contributed by atoms with van der Waals surface area (Å²) in [6, 6.07) is 6.22. The Bertz CT molecular complexity index is 516. The molecule has 0 amide bonds. The third-order valence-corrected chi connectivity index (χ3v) is 3.25. The van der Waals surface area contributed by atoms with E-state index < -0.39 is 0 Å². The molecule has 0 atom stereocenters. The van der Waals surface area contributed by atoms with Gasteiger partial charge in [-0.2, -0.15) is 0 Å². The zero-order valence-corrected chi connectivity index (χ0v) is 11.1. The van der Waals surface area contributed by atoms with Crippen molar-refractivity contribution in [2.75, 3.05) is 13.7 Å². The molecule has 18 heavy (non-hydrogen) atoms. The second-order valence-electron chi connectivity index (χ2n) is 4.56. The Morgan fingerprint density at radius 3 is 2.83 bits per heavy atom. The van der Waals surface area contributed by atoms with Gasteiger partial charge in [-0.3, -0.25) is 0 Å². The molecule has 0 unspecified atom stereocenters. The number of methoxy groups -OCH3 is 1. The van der Waals surface area contributed by atoms with E-state index in [1.165, 1.54) is 16.5 Å². The zero-order valence-electron chi connectivity index (χ0n) is 11.1. The van der Waals surface area contributed by atoms with E-state index in [4.69, 9.17) is 9.84 Å². The summed E-state index contributed by atoms with van der Waals surface area (Å²) in [6.07, 6.45) is 5.23. The Morgan fingerprint density at radius 2 is 2.17 bits per heavy atom. The van der Waals surface area contributed by atoms with Crippen LogP contribution >= 0.6 is 0 Å². The highest BCUT2D eigenvalue weighted by Gasteiger charge is 2.08. The number of hydrogen-bond acceptors (Lipinski definition) is 2. The topological polar surface area (TPSA) is 34.4 Å². The number of aliphatic hydroxyl groups is 1. The predicted octanol–water partition coefficient (Wildman–Crippen LogP) is 2.98. The van der Waals surface area contributed by atoms with Crippen molar-refractivity contribution in [2.24, 2.45) is 0 Å². The third-order valence-electron chi connectivity index (χ3n) is 3.25. The van der Waals surface area contributed by atoms with Gasteiger partial charge in [0, 0.05) is 30.8 Å². The van der Waals surface area contributed by atoms with Gasteiger partial charge in [0.15, 0.2) is 0 Å². The van der Waals surface area contributed by atoms with Crippen LogP contribution in [0, 0.1) is 0 Å². The number of aryl methyl sites for hydroxylation is 2. The Morgan fingerprint density at radius 1 is 1.33 bits per heavy atom. The molecule has 0 aliphatic heterocycles. The molecule has 3 heteroatoms. The summed E-state index contributed by atoms with van der Waals surface area (Å²) in [6.45, 7) is 3.27. The van der Waals surface area contributed by atoms with Gasteiger partial charge < -0.3 is 14.4 Å². The first kappa shape index (κ1) is 13.0. The van der Waals surface area contributed by atoms with Crippen molar-refractivity contribution >= 4 is 10.9 Å². The molecular weight excluding hydrogens is 226 g/mol. The number of aromatic nitrogens is 1.